The molecule has 4 rings (SSSR count). The lowest BCUT2D eigenvalue weighted by Crippen LogP contribution is -2.65. The number of hydrogen-bond acceptors (Lipinski definition) is 3. The van der Waals surface area contributed by atoms with Gasteiger partial charge >= 0.3 is 0 Å². The molecule has 0 bridgehead atoms. The number of aldehydes is 2. The van der Waals surface area contributed by atoms with Crippen LogP contribution in [0.2, 0.25) is 0 Å². The van der Waals surface area contributed by atoms with Crippen LogP contribution in [0.5, 0.6) is 0 Å². The van der Waals surface area contributed by atoms with Crippen molar-refractivity contribution in [2.45, 2.75) is 92.9 Å². The van der Waals surface area contributed by atoms with Crippen LogP contribution in [0.4, 0.5) is 0 Å². The van der Waals surface area contributed by atoms with Crippen LogP contribution in [0.25, 0.3) is 0 Å². The number of rotatable bonds is 4. The summed E-state index contributed by atoms with van der Waals surface area (Å²) in [7, 11) is 0. The summed E-state index contributed by atoms with van der Waals surface area (Å²) in [6, 6.07) is 0. The number of carbonyl (C=O) groups is 3. The van der Waals surface area contributed by atoms with Crippen LogP contribution >= 0.6 is 0 Å². The van der Waals surface area contributed by atoms with Crippen molar-refractivity contribution in [3.63, 3.8) is 0 Å². The molecule has 4 aliphatic carbocycles. The second-order valence-corrected chi connectivity index (χ2v) is 12.9. The topological polar surface area (TPSA) is 51.2 Å². The van der Waals surface area contributed by atoms with Gasteiger partial charge in [-0.05, 0) is 96.4 Å². The molecule has 0 aliphatic heterocycles. The molecule has 0 radical (unpaired) electrons. The van der Waals surface area contributed by atoms with E-state index in [1.54, 1.807) is 6.92 Å². The Balaban J connectivity index is 1.85. The molecule has 3 fully saturated rings. The standard InChI is InChI=1S/C28H42O3/c1-18(31)14-20-15-24-26(4)12-7-11-25(2,3)22(26)10-13-27(24,5)23-9-8-19(16-29)21(17-30)28(20,23)6/h8,16-17,20-24H,7,9-15H2,1-6H3. The Labute approximate surface area is 188 Å². The average molecular weight is 427 g/mol. The predicted molar refractivity (Wildman–Crippen MR) is 123 cm³/mol. The number of hydrogen-bond donors (Lipinski definition) is 0. The third-order valence-electron chi connectivity index (χ3n) is 11.2. The number of carbonyl (C=O) groups excluding carboxylic acids is 3. The van der Waals surface area contributed by atoms with Gasteiger partial charge in [0.15, 0.2) is 0 Å². The summed E-state index contributed by atoms with van der Waals surface area (Å²) in [5, 5.41) is 0. The third kappa shape index (κ3) is 3.08. The molecule has 3 saturated carbocycles. The highest BCUT2D eigenvalue weighted by Crippen LogP contribution is 2.74. The Morgan fingerprint density at radius 1 is 1.00 bits per heavy atom. The monoisotopic (exact) mass is 426 g/mol. The van der Waals surface area contributed by atoms with Crippen molar-refractivity contribution < 1.29 is 14.4 Å². The summed E-state index contributed by atoms with van der Waals surface area (Å²) >= 11 is 0. The number of Topliss-reactive ketones (excluding diaryl/α,β-unsaturated/α-hetero) is 1. The molecule has 0 saturated heterocycles. The maximum Gasteiger partial charge on any atom is 0.146 e. The van der Waals surface area contributed by atoms with Crippen LogP contribution < -0.4 is 0 Å². The predicted octanol–water partition coefficient (Wildman–Crippen LogP) is 6.20. The van der Waals surface area contributed by atoms with E-state index in [9.17, 15) is 14.4 Å². The Morgan fingerprint density at radius 3 is 2.29 bits per heavy atom. The molecular weight excluding hydrogens is 384 g/mol. The molecule has 8 unspecified atom stereocenters. The number of ketones is 1. The van der Waals surface area contributed by atoms with Crippen molar-refractivity contribution in [3.05, 3.63) is 11.6 Å². The summed E-state index contributed by atoms with van der Waals surface area (Å²) in [5.74, 6) is 1.61. The number of allylic oxidation sites excluding steroid dienone is 2. The second kappa shape index (κ2) is 7.39. The van der Waals surface area contributed by atoms with E-state index in [2.05, 4.69) is 40.7 Å². The summed E-state index contributed by atoms with van der Waals surface area (Å²) in [6.45, 7) is 13.9. The summed E-state index contributed by atoms with van der Waals surface area (Å²) in [5.41, 5.74) is 1.12. The molecule has 0 aromatic heterocycles. The Hall–Kier alpha value is -1.25. The van der Waals surface area contributed by atoms with Crippen LogP contribution in [0, 0.1) is 51.2 Å². The highest BCUT2D eigenvalue weighted by atomic mass is 16.1. The SMILES string of the molecule is CC(=O)CC1CC2C3(C)CCCC(C)(C)C3CCC2(C)C2CC=C(C=O)C(C=O)C12C. The van der Waals surface area contributed by atoms with Gasteiger partial charge in [-0.15, -0.1) is 0 Å². The molecular formula is C28H42O3. The van der Waals surface area contributed by atoms with Crippen LogP contribution in [-0.2, 0) is 14.4 Å². The van der Waals surface area contributed by atoms with Gasteiger partial charge in [0.2, 0.25) is 0 Å². The molecule has 0 N–H and O–H groups in total. The van der Waals surface area contributed by atoms with Crippen LogP contribution in [-0.4, -0.2) is 18.4 Å². The zero-order valence-electron chi connectivity index (χ0n) is 20.5. The highest BCUT2D eigenvalue weighted by molar-refractivity contribution is 5.82. The van der Waals surface area contributed by atoms with E-state index in [1.165, 1.54) is 32.1 Å². The third-order valence-corrected chi connectivity index (χ3v) is 11.2. The van der Waals surface area contributed by atoms with Gasteiger partial charge in [0.05, 0.1) is 0 Å². The van der Waals surface area contributed by atoms with Gasteiger partial charge in [-0.25, -0.2) is 0 Å². The van der Waals surface area contributed by atoms with E-state index in [4.69, 9.17) is 0 Å². The van der Waals surface area contributed by atoms with E-state index in [-0.39, 0.29) is 33.9 Å². The molecule has 0 spiro atoms. The molecule has 4 aliphatic rings. The maximum atomic E-state index is 12.4. The van der Waals surface area contributed by atoms with Gasteiger partial charge in [-0.3, -0.25) is 4.79 Å². The fourth-order valence-corrected chi connectivity index (χ4v) is 9.91. The zero-order valence-corrected chi connectivity index (χ0v) is 20.5. The smallest absolute Gasteiger partial charge is 0.146 e. The summed E-state index contributed by atoms with van der Waals surface area (Å²) in [6.07, 6.45) is 12.7. The number of fused-ring (bicyclic) bond motifs is 5. The molecule has 0 amide bonds. The summed E-state index contributed by atoms with van der Waals surface area (Å²) < 4.78 is 0. The van der Waals surface area contributed by atoms with Crippen molar-refractivity contribution in [1.29, 1.82) is 0 Å². The van der Waals surface area contributed by atoms with Crippen molar-refractivity contribution in [2.75, 3.05) is 0 Å². The largest absolute Gasteiger partial charge is 0.303 e. The highest BCUT2D eigenvalue weighted by Gasteiger charge is 2.67. The zero-order chi connectivity index (χ0) is 22.8. The minimum atomic E-state index is -0.390. The normalized spacial score (nSPS) is 48.5. The van der Waals surface area contributed by atoms with Gasteiger partial charge < -0.3 is 9.59 Å². The van der Waals surface area contributed by atoms with Crippen molar-refractivity contribution in [3.8, 4) is 0 Å². The fourth-order valence-electron chi connectivity index (χ4n) is 9.91. The lowest BCUT2D eigenvalue weighted by molar-refractivity contribution is -0.217. The van der Waals surface area contributed by atoms with Crippen LogP contribution in [0.15, 0.2) is 11.6 Å². The van der Waals surface area contributed by atoms with Gasteiger partial charge in [0.25, 0.3) is 0 Å². The van der Waals surface area contributed by atoms with Crippen molar-refractivity contribution in [1.82, 2.24) is 0 Å². The Bertz CT molecular complexity index is 809. The minimum Gasteiger partial charge on any atom is -0.303 e. The fraction of sp³-hybridized carbons (Fsp3) is 0.821. The Kier molecular flexibility index (Phi) is 5.46. The molecule has 0 aromatic rings. The van der Waals surface area contributed by atoms with E-state index in [0.717, 1.165) is 31.3 Å². The molecule has 0 aromatic carbocycles. The van der Waals surface area contributed by atoms with Gasteiger partial charge in [-0.1, -0.05) is 47.1 Å². The van der Waals surface area contributed by atoms with Gasteiger partial charge in [-0.2, -0.15) is 0 Å². The van der Waals surface area contributed by atoms with Gasteiger partial charge in [0.1, 0.15) is 18.4 Å². The lowest BCUT2D eigenvalue weighted by Gasteiger charge is -2.71. The maximum absolute atomic E-state index is 12.4. The first kappa shape index (κ1) is 22.9. The Morgan fingerprint density at radius 2 is 1.68 bits per heavy atom. The lowest BCUT2D eigenvalue weighted by atomic mass is 9.33. The minimum absolute atomic E-state index is 0.146. The van der Waals surface area contributed by atoms with Crippen molar-refractivity contribution in [2.24, 2.45) is 51.2 Å². The first-order valence-corrected chi connectivity index (χ1v) is 12.5. The van der Waals surface area contributed by atoms with E-state index >= 15 is 0 Å². The molecule has 0 heterocycles. The second-order valence-electron chi connectivity index (χ2n) is 12.9. The van der Waals surface area contributed by atoms with E-state index in [1.807, 2.05) is 0 Å². The molecule has 172 valence electrons. The quantitative estimate of drug-likeness (QED) is 0.503. The summed E-state index contributed by atoms with van der Waals surface area (Å²) in [4.78, 5) is 36.6. The molecule has 3 heteroatoms. The molecule has 3 nitrogen and oxygen atoms in total. The van der Waals surface area contributed by atoms with Gasteiger partial charge in [0, 0.05) is 12.3 Å². The van der Waals surface area contributed by atoms with Crippen LogP contribution in [0.1, 0.15) is 92.9 Å². The average Bonchev–Trinajstić information content (AvgIpc) is 2.67. The van der Waals surface area contributed by atoms with Crippen LogP contribution in [0.3, 0.4) is 0 Å². The first-order valence-electron chi connectivity index (χ1n) is 12.5. The van der Waals surface area contributed by atoms with E-state index in [0.29, 0.717) is 29.2 Å². The van der Waals surface area contributed by atoms with E-state index < -0.39 is 0 Å². The first-order chi connectivity index (χ1) is 14.4. The molecule has 8 atom stereocenters. The molecule has 31 heavy (non-hydrogen) atoms. The van der Waals surface area contributed by atoms with Crippen molar-refractivity contribution >= 4 is 18.4 Å².